The van der Waals surface area contributed by atoms with Gasteiger partial charge in [-0.1, -0.05) is 30.9 Å². The molecular formula is C18H25ClN2O. The second kappa shape index (κ2) is 6.59. The summed E-state index contributed by atoms with van der Waals surface area (Å²) in [6.45, 7) is 3.85. The predicted molar refractivity (Wildman–Crippen MR) is 92.3 cm³/mol. The molecule has 1 aromatic rings. The molecule has 1 aliphatic heterocycles. The van der Waals surface area contributed by atoms with Crippen LogP contribution in [-0.4, -0.2) is 31.4 Å². The van der Waals surface area contributed by atoms with Crippen molar-refractivity contribution >= 4 is 23.6 Å². The molecule has 1 aromatic carbocycles. The van der Waals surface area contributed by atoms with E-state index in [0.717, 1.165) is 43.1 Å². The molecule has 22 heavy (non-hydrogen) atoms. The molecule has 0 amide bonds. The van der Waals surface area contributed by atoms with E-state index in [1.165, 1.54) is 30.4 Å². The summed E-state index contributed by atoms with van der Waals surface area (Å²) in [6, 6.07) is 4.27. The maximum atomic E-state index is 6.50. The Balaban J connectivity index is 1.95. The van der Waals surface area contributed by atoms with Gasteiger partial charge in [-0.3, -0.25) is 0 Å². The highest BCUT2D eigenvalue weighted by Gasteiger charge is 2.39. The van der Waals surface area contributed by atoms with Gasteiger partial charge in [0.25, 0.3) is 0 Å². The highest BCUT2D eigenvalue weighted by molar-refractivity contribution is 6.33. The smallest absolute Gasteiger partial charge is 0.0934 e. The Hall–Kier alpha value is -1.06. The minimum atomic E-state index is -0.0854. The average molecular weight is 321 g/mol. The Morgan fingerprint density at radius 2 is 2.09 bits per heavy atom. The van der Waals surface area contributed by atoms with Gasteiger partial charge in [-0.05, 0) is 49.4 Å². The van der Waals surface area contributed by atoms with Crippen molar-refractivity contribution in [3.8, 4) is 0 Å². The molecule has 0 aromatic heterocycles. The molecule has 0 bridgehead atoms. The quantitative estimate of drug-likeness (QED) is 0.596. The van der Waals surface area contributed by atoms with Gasteiger partial charge >= 0.3 is 0 Å². The van der Waals surface area contributed by atoms with Crippen LogP contribution in [0.4, 0.5) is 5.69 Å². The van der Waals surface area contributed by atoms with Crippen molar-refractivity contribution in [1.29, 1.82) is 0 Å². The van der Waals surface area contributed by atoms with Crippen LogP contribution < -0.4 is 0 Å². The summed E-state index contributed by atoms with van der Waals surface area (Å²) in [6.07, 6.45) is 8.87. The van der Waals surface area contributed by atoms with Gasteiger partial charge in [0.1, 0.15) is 0 Å². The topological polar surface area (TPSA) is 24.8 Å². The molecule has 0 saturated heterocycles. The van der Waals surface area contributed by atoms with Crippen molar-refractivity contribution in [2.75, 3.05) is 20.2 Å². The number of rotatable bonds is 3. The lowest BCUT2D eigenvalue weighted by Gasteiger charge is -2.42. The zero-order valence-electron chi connectivity index (χ0n) is 13.6. The molecule has 0 N–H and O–H groups in total. The van der Waals surface area contributed by atoms with Gasteiger partial charge in [-0.2, -0.15) is 0 Å². The predicted octanol–water partition coefficient (Wildman–Crippen LogP) is 4.68. The van der Waals surface area contributed by atoms with Crippen LogP contribution in [0.25, 0.3) is 0 Å². The summed E-state index contributed by atoms with van der Waals surface area (Å²) in [5.74, 6) is 0. The van der Waals surface area contributed by atoms with Crippen LogP contribution in [0, 0.1) is 0 Å². The fourth-order valence-electron chi connectivity index (χ4n) is 3.55. The Kier molecular flexibility index (Phi) is 4.74. The number of ether oxygens (including phenoxy) is 1. The summed E-state index contributed by atoms with van der Waals surface area (Å²) < 4.78 is 6.24. The van der Waals surface area contributed by atoms with Gasteiger partial charge in [0.05, 0.1) is 29.3 Å². The average Bonchev–Trinajstić information content (AvgIpc) is 2.54. The van der Waals surface area contributed by atoms with E-state index >= 15 is 0 Å². The molecule has 1 saturated carbocycles. The van der Waals surface area contributed by atoms with E-state index in [4.69, 9.17) is 16.3 Å². The number of halogens is 1. The highest BCUT2D eigenvalue weighted by Crippen LogP contribution is 2.46. The van der Waals surface area contributed by atoms with Crippen LogP contribution in [0.3, 0.4) is 0 Å². The van der Waals surface area contributed by atoms with Gasteiger partial charge in [0.15, 0.2) is 0 Å². The van der Waals surface area contributed by atoms with E-state index in [0.29, 0.717) is 0 Å². The Labute approximate surface area is 138 Å². The van der Waals surface area contributed by atoms with Crippen molar-refractivity contribution in [2.24, 2.45) is 4.99 Å². The van der Waals surface area contributed by atoms with Crippen LogP contribution in [0.5, 0.6) is 0 Å². The molecule has 1 spiro atoms. The van der Waals surface area contributed by atoms with Crippen molar-refractivity contribution < 1.29 is 4.74 Å². The van der Waals surface area contributed by atoms with E-state index in [2.05, 4.69) is 24.0 Å². The molecule has 1 fully saturated rings. The fourth-order valence-corrected chi connectivity index (χ4v) is 3.76. The van der Waals surface area contributed by atoms with Gasteiger partial charge in [-0.15, -0.1) is 0 Å². The number of aliphatic imine (C=N–C) groups is 1. The fraction of sp³-hybridized carbons (Fsp3) is 0.611. The summed E-state index contributed by atoms with van der Waals surface area (Å²) in [5, 5.41) is 0.731. The molecule has 0 unspecified atom stereocenters. The van der Waals surface area contributed by atoms with Crippen molar-refractivity contribution in [1.82, 2.24) is 4.90 Å². The first-order valence-electron chi connectivity index (χ1n) is 8.36. The zero-order valence-corrected chi connectivity index (χ0v) is 14.3. The van der Waals surface area contributed by atoms with E-state index in [1.54, 1.807) is 0 Å². The molecule has 3 rings (SSSR count). The number of hydrogen-bond donors (Lipinski definition) is 0. The number of nitrogens with zero attached hydrogens (tertiary/aromatic N) is 2. The van der Waals surface area contributed by atoms with E-state index in [9.17, 15) is 0 Å². The molecule has 120 valence electrons. The Morgan fingerprint density at radius 3 is 2.82 bits per heavy atom. The van der Waals surface area contributed by atoms with E-state index in [-0.39, 0.29) is 5.60 Å². The highest BCUT2D eigenvalue weighted by atomic mass is 35.5. The maximum Gasteiger partial charge on any atom is 0.0934 e. The number of benzene rings is 1. The molecule has 3 nitrogen and oxygen atoms in total. The Bertz CT molecular complexity index is 564. The number of fused-ring (bicyclic) bond motifs is 2. The maximum absolute atomic E-state index is 6.50. The van der Waals surface area contributed by atoms with E-state index < -0.39 is 0 Å². The molecule has 0 atom stereocenters. The van der Waals surface area contributed by atoms with Crippen molar-refractivity contribution in [3.05, 3.63) is 28.3 Å². The first-order valence-corrected chi connectivity index (χ1v) is 8.74. The standard InChI is InChI=1S/C18H25ClN2O/c1-3-21(2)13-20-17-11-14-7-10-22-18(8-5-4-6-9-18)15(14)12-16(17)19/h11-13H,3-10H2,1-2H3. The summed E-state index contributed by atoms with van der Waals surface area (Å²) in [4.78, 5) is 6.59. The molecule has 1 aliphatic carbocycles. The molecular weight excluding hydrogens is 296 g/mol. The second-order valence-corrected chi connectivity index (χ2v) is 6.84. The number of hydrogen-bond acceptors (Lipinski definition) is 2. The largest absolute Gasteiger partial charge is 0.370 e. The zero-order chi connectivity index (χ0) is 15.6. The minimum Gasteiger partial charge on any atom is -0.370 e. The lowest BCUT2D eigenvalue weighted by Crippen LogP contribution is -2.37. The monoisotopic (exact) mass is 320 g/mol. The van der Waals surface area contributed by atoms with Gasteiger partial charge in [-0.25, -0.2) is 4.99 Å². The summed E-state index contributed by atoms with van der Waals surface area (Å²) in [5.41, 5.74) is 3.46. The van der Waals surface area contributed by atoms with Crippen LogP contribution in [0.2, 0.25) is 5.02 Å². The summed E-state index contributed by atoms with van der Waals surface area (Å²) >= 11 is 6.50. The first-order chi connectivity index (χ1) is 10.6. The SMILES string of the molecule is CCN(C)C=Nc1cc2c(cc1Cl)C1(CCCCC1)OCC2. The third-order valence-electron chi connectivity index (χ3n) is 4.97. The lowest BCUT2D eigenvalue weighted by molar-refractivity contribution is -0.0847. The third-order valence-corrected chi connectivity index (χ3v) is 5.27. The summed E-state index contributed by atoms with van der Waals surface area (Å²) in [7, 11) is 2.01. The lowest BCUT2D eigenvalue weighted by atomic mass is 9.76. The van der Waals surface area contributed by atoms with Gasteiger partial charge in [0.2, 0.25) is 0 Å². The Morgan fingerprint density at radius 1 is 1.32 bits per heavy atom. The van der Waals surface area contributed by atoms with Crippen LogP contribution >= 0.6 is 11.6 Å². The molecule has 1 heterocycles. The van der Waals surface area contributed by atoms with Gasteiger partial charge in [0, 0.05) is 13.6 Å². The third kappa shape index (κ3) is 3.02. The van der Waals surface area contributed by atoms with Crippen LogP contribution in [0.1, 0.15) is 50.2 Å². The van der Waals surface area contributed by atoms with Crippen LogP contribution in [-0.2, 0) is 16.8 Å². The normalized spacial score (nSPS) is 20.3. The van der Waals surface area contributed by atoms with E-state index in [1.807, 2.05) is 18.3 Å². The van der Waals surface area contributed by atoms with Gasteiger partial charge < -0.3 is 9.64 Å². The molecule has 0 radical (unpaired) electrons. The van der Waals surface area contributed by atoms with Crippen molar-refractivity contribution in [3.63, 3.8) is 0 Å². The van der Waals surface area contributed by atoms with Crippen molar-refractivity contribution in [2.45, 2.75) is 51.0 Å². The molecule has 2 aliphatic rings. The molecule has 4 heteroatoms. The van der Waals surface area contributed by atoms with Crippen LogP contribution in [0.15, 0.2) is 17.1 Å². The minimum absolute atomic E-state index is 0.0854. The second-order valence-electron chi connectivity index (χ2n) is 6.43. The first kappa shape index (κ1) is 15.8.